The molecule has 26 heavy (non-hydrogen) atoms. The van der Waals surface area contributed by atoms with Gasteiger partial charge in [-0.1, -0.05) is 37.6 Å². The van der Waals surface area contributed by atoms with Crippen LogP contribution in [0.4, 0.5) is 0 Å². The molecule has 2 aliphatic heterocycles. The molecule has 5 nitrogen and oxygen atoms in total. The van der Waals surface area contributed by atoms with Gasteiger partial charge in [-0.15, -0.1) is 6.58 Å². The summed E-state index contributed by atoms with van der Waals surface area (Å²) in [5, 5.41) is 3.59. The van der Waals surface area contributed by atoms with Crippen molar-refractivity contribution in [3.63, 3.8) is 0 Å². The van der Waals surface area contributed by atoms with Crippen LogP contribution in [0.2, 0.25) is 0 Å². The number of carbonyl (C=O) groups is 2. The second-order valence-electron chi connectivity index (χ2n) is 7.79. The lowest BCUT2D eigenvalue weighted by Crippen LogP contribution is -2.59. The monoisotopic (exact) mass is 355 g/mol. The molecular weight excluding hydrogens is 326 g/mol. The lowest BCUT2D eigenvalue weighted by Gasteiger charge is -2.44. The van der Waals surface area contributed by atoms with Crippen LogP contribution in [0.5, 0.6) is 0 Å². The standard InChI is InChI=1S/C21H29N3O2/c1-5-12-24-20(26)18(15(2)3)22-21(24)10-13-23(14-11-21)19(25)17-8-6-16(4)7-9-17/h5-9,15,18,22H,1,10-14H2,2-4H3/t18-/m0/s1. The second-order valence-corrected chi connectivity index (χ2v) is 7.79. The molecular formula is C21H29N3O2. The summed E-state index contributed by atoms with van der Waals surface area (Å²) in [5.41, 5.74) is 1.52. The van der Waals surface area contributed by atoms with E-state index in [0.29, 0.717) is 19.6 Å². The van der Waals surface area contributed by atoms with E-state index in [1.54, 1.807) is 6.08 Å². The molecule has 1 spiro atoms. The van der Waals surface area contributed by atoms with E-state index in [2.05, 4.69) is 25.7 Å². The SMILES string of the molecule is C=CCN1C(=O)[C@H](C(C)C)NC12CCN(C(=O)c1ccc(C)cc1)CC2. The molecule has 0 unspecified atom stereocenters. The molecule has 2 aliphatic rings. The van der Waals surface area contributed by atoms with E-state index in [-0.39, 0.29) is 29.4 Å². The molecule has 0 bridgehead atoms. The summed E-state index contributed by atoms with van der Waals surface area (Å²) in [6.45, 7) is 11.8. The van der Waals surface area contributed by atoms with Gasteiger partial charge in [0.15, 0.2) is 0 Å². The summed E-state index contributed by atoms with van der Waals surface area (Å²) in [6.07, 6.45) is 3.27. The fourth-order valence-corrected chi connectivity index (χ4v) is 4.03. The van der Waals surface area contributed by atoms with Gasteiger partial charge in [0.25, 0.3) is 5.91 Å². The molecule has 140 valence electrons. The molecule has 0 aromatic heterocycles. The third-order valence-electron chi connectivity index (χ3n) is 5.63. The highest BCUT2D eigenvalue weighted by atomic mass is 16.2. The van der Waals surface area contributed by atoms with Crippen LogP contribution in [0.3, 0.4) is 0 Å². The average molecular weight is 355 g/mol. The van der Waals surface area contributed by atoms with Gasteiger partial charge in [-0.3, -0.25) is 14.9 Å². The van der Waals surface area contributed by atoms with E-state index in [1.165, 1.54) is 0 Å². The van der Waals surface area contributed by atoms with Crippen molar-refractivity contribution in [1.82, 2.24) is 15.1 Å². The molecule has 2 heterocycles. The number of benzene rings is 1. The number of hydrogen-bond donors (Lipinski definition) is 1. The normalized spacial score (nSPS) is 22.3. The van der Waals surface area contributed by atoms with Crippen LogP contribution in [0.25, 0.3) is 0 Å². The zero-order valence-corrected chi connectivity index (χ0v) is 16.0. The number of hydrogen-bond acceptors (Lipinski definition) is 3. The Kier molecular flexibility index (Phi) is 5.19. The van der Waals surface area contributed by atoms with Crippen LogP contribution in [0.15, 0.2) is 36.9 Å². The first-order valence-electron chi connectivity index (χ1n) is 9.44. The Morgan fingerprint density at radius 2 is 1.92 bits per heavy atom. The number of piperidine rings is 1. The summed E-state index contributed by atoms with van der Waals surface area (Å²) in [7, 11) is 0. The number of aryl methyl sites for hydroxylation is 1. The predicted octanol–water partition coefficient (Wildman–Crippen LogP) is 2.57. The van der Waals surface area contributed by atoms with Gasteiger partial charge < -0.3 is 9.80 Å². The molecule has 0 radical (unpaired) electrons. The Labute approximate surface area is 156 Å². The van der Waals surface area contributed by atoms with Crippen molar-refractivity contribution in [3.8, 4) is 0 Å². The Bertz CT molecular complexity index is 688. The van der Waals surface area contributed by atoms with Crippen molar-refractivity contribution >= 4 is 11.8 Å². The van der Waals surface area contributed by atoms with Gasteiger partial charge in [0.2, 0.25) is 5.91 Å². The van der Waals surface area contributed by atoms with E-state index < -0.39 is 0 Å². The minimum absolute atomic E-state index is 0.0693. The fourth-order valence-electron chi connectivity index (χ4n) is 4.03. The molecule has 0 aliphatic carbocycles. The van der Waals surface area contributed by atoms with Gasteiger partial charge in [0.05, 0.1) is 11.7 Å². The van der Waals surface area contributed by atoms with Gasteiger partial charge in [0.1, 0.15) is 0 Å². The average Bonchev–Trinajstić information content (AvgIpc) is 2.89. The quantitative estimate of drug-likeness (QED) is 0.845. The van der Waals surface area contributed by atoms with Crippen molar-refractivity contribution < 1.29 is 9.59 Å². The summed E-state index contributed by atoms with van der Waals surface area (Å²) < 4.78 is 0. The smallest absolute Gasteiger partial charge is 0.253 e. The molecule has 1 aromatic carbocycles. The minimum Gasteiger partial charge on any atom is -0.338 e. The van der Waals surface area contributed by atoms with Crippen LogP contribution in [0.1, 0.15) is 42.6 Å². The first-order chi connectivity index (χ1) is 12.4. The largest absolute Gasteiger partial charge is 0.338 e. The molecule has 0 saturated carbocycles. The first kappa shape index (κ1) is 18.6. The van der Waals surface area contributed by atoms with Gasteiger partial charge in [-0.05, 0) is 25.0 Å². The fraction of sp³-hybridized carbons (Fsp3) is 0.524. The number of carbonyl (C=O) groups excluding carboxylic acids is 2. The maximum atomic E-state index is 12.8. The van der Waals surface area contributed by atoms with Crippen LogP contribution in [0, 0.1) is 12.8 Å². The molecule has 5 heteroatoms. The molecule has 1 aromatic rings. The van der Waals surface area contributed by atoms with E-state index in [1.807, 2.05) is 41.0 Å². The minimum atomic E-state index is -0.357. The number of rotatable bonds is 4. The van der Waals surface area contributed by atoms with Gasteiger partial charge in [-0.25, -0.2) is 0 Å². The highest BCUT2D eigenvalue weighted by molar-refractivity contribution is 5.94. The Balaban J connectivity index is 1.73. The second kappa shape index (κ2) is 7.23. The van der Waals surface area contributed by atoms with E-state index in [0.717, 1.165) is 24.0 Å². The summed E-state index contributed by atoms with van der Waals surface area (Å²) >= 11 is 0. The van der Waals surface area contributed by atoms with Crippen LogP contribution in [-0.4, -0.2) is 53.0 Å². The lowest BCUT2D eigenvalue weighted by molar-refractivity contribution is -0.133. The van der Waals surface area contributed by atoms with Crippen molar-refractivity contribution in [1.29, 1.82) is 0 Å². The molecule has 3 rings (SSSR count). The Hall–Kier alpha value is -2.14. The highest BCUT2D eigenvalue weighted by Gasteiger charge is 2.51. The molecule has 2 amide bonds. The Morgan fingerprint density at radius 1 is 1.31 bits per heavy atom. The van der Waals surface area contributed by atoms with Crippen LogP contribution >= 0.6 is 0 Å². The molecule has 1 atom stereocenters. The zero-order valence-electron chi connectivity index (χ0n) is 16.0. The predicted molar refractivity (Wildman–Crippen MR) is 103 cm³/mol. The molecule has 1 N–H and O–H groups in total. The van der Waals surface area contributed by atoms with Gasteiger partial charge in [0, 0.05) is 38.0 Å². The van der Waals surface area contributed by atoms with Crippen LogP contribution in [-0.2, 0) is 4.79 Å². The maximum Gasteiger partial charge on any atom is 0.253 e. The van der Waals surface area contributed by atoms with E-state index in [4.69, 9.17) is 0 Å². The van der Waals surface area contributed by atoms with Crippen molar-refractivity contribution in [2.24, 2.45) is 5.92 Å². The Morgan fingerprint density at radius 3 is 2.46 bits per heavy atom. The van der Waals surface area contributed by atoms with E-state index >= 15 is 0 Å². The van der Waals surface area contributed by atoms with E-state index in [9.17, 15) is 9.59 Å². The summed E-state index contributed by atoms with van der Waals surface area (Å²) in [5.74, 6) is 0.458. The summed E-state index contributed by atoms with van der Waals surface area (Å²) in [4.78, 5) is 29.4. The first-order valence-corrected chi connectivity index (χ1v) is 9.44. The van der Waals surface area contributed by atoms with Crippen molar-refractivity contribution in [3.05, 3.63) is 48.0 Å². The zero-order chi connectivity index (χ0) is 18.9. The van der Waals surface area contributed by atoms with Crippen molar-refractivity contribution in [2.45, 2.75) is 45.3 Å². The van der Waals surface area contributed by atoms with Gasteiger partial charge >= 0.3 is 0 Å². The number of likely N-dealkylation sites (tertiary alicyclic amines) is 1. The number of nitrogens with one attached hydrogen (secondary N) is 1. The molecule has 2 fully saturated rings. The number of amides is 2. The van der Waals surface area contributed by atoms with Crippen molar-refractivity contribution in [2.75, 3.05) is 19.6 Å². The third kappa shape index (κ3) is 3.28. The third-order valence-corrected chi connectivity index (χ3v) is 5.63. The maximum absolute atomic E-state index is 12.8. The van der Waals surface area contributed by atoms with Crippen LogP contribution < -0.4 is 5.32 Å². The summed E-state index contributed by atoms with van der Waals surface area (Å²) in [6, 6.07) is 7.55. The lowest BCUT2D eigenvalue weighted by atomic mass is 9.95. The van der Waals surface area contributed by atoms with Gasteiger partial charge in [-0.2, -0.15) is 0 Å². The highest BCUT2D eigenvalue weighted by Crippen LogP contribution is 2.34. The number of nitrogens with zero attached hydrogens (tertiary/aromatic N) is 2. The topological polar surface area (TPSA) is 52.7 Å². The molecule has 2 saturated heterocycles.